The molecule has 0 bridgehead atoms. The smallest absolute Gasteiger partial charge is 0.107 e. The lowest BCUT2D eigenvalue weighted by atomic mass is 10.3. The van der Waals surface area contributed by atoms with Gasteiger partial charge in [0.05, 0.1) is 16.9 Å². The maximum absolute atomic E-state index is 5.96. The van der Waals surface area contributed by atoms with Crippen molar-refractivity contribution >= 4 is 11.6 Å². The monoisotopic (exact) mass is 192 g/mol. The summed E-state index contributed by atoms with van der Waals surface area (Å²) in [5.74, 6) is 0. The summed E-state index contributed by atoms with van der Waals surface area (Å²) in [5, 5.41) is 4.61. The molecule has 3 nitrogen and oxygen atoms in total. The van der Waals surface area contributed by atoms with Crippen LogP contribution in [0.1, 0.15) is 0 Å². The third kappa shape index (κ3) is 1.42. The van der Waals surface area contributed by atoms with E-state index in [9.17, 15) is 0 Å². The van der Waals surface area contributed by atoms with E-state index in [1.165, 1.54) is 0 Å². The van der Waals surface area contributed by atoms with Crippen LogP contribution in [0.3, 0.4) is 0 Å². The fourth-order valence-electron chi connectivity index (χ4n) is 1.11. The van der Waals surface area contributed by atoms with E-state index in [2.05, 4.69) is 16.1 Å². The molecule has 0 saturated carbocycles. The van der Waals surface area contributed by atoms with Crippen LogP contribution in [-0.4, -0.2) is 14.8 Å². The molecule has 0 N–H and O–H groups in total. The van der Waals surface area contributed by atoms with E-state index in [1.807, 2.05) is 7.05 Å². The van der Waals surface area contributed by atoms with Gasteiger partial charge in [-0.1, -0.05) is 11.6 Å². The molecule has 4 heteroatoms. The van der Waals surface area contributed by atoms with Gasteiger partial charge in [0, 0.05) is 19.3 Å². The largest absolute Gasteiger partial charge is 0.266 e. The molecule has 65 valence electrons. The van der Waals surface area contributed by atoms with Crippen LogP contribution >= 0.6 is 11.6 Å². The molecule has 0 aromatic carbocycles. The molecule has 0 atom stereocenters. The lowest BCUT2D eigenvalue weighted by Crippen LogP contribution is -1.95. The predicted octanol–water partition coefficient (Wildman–Crippen LogP) is 1.94. The summed E-state index contributed by atoms with van der Waals surface area (Å²) >= 11 is 5.96. The first-order valence-corrected chi connectivity index (χ1v) is 4.17. The van der Waals surface area contributed by atoms with Crippen molar-refractivity contribution in [1.29, 1.82) is 0 Å². The highest BCUT2D eigenvalue weighted by atomic mass is 35.5. The molecule has 0 aliphatic rings. The molecule has 0 aliphatic heterocycles. The molecule has 0 saturated heterocycles. The minimum Gasteiger partial charge on any atom is -0.266 e. The first-order chi connectivity index (χ1) is 6.29. The first kappa shape index (κ1) is 8.26. The van der Waals surface area contributed by atoms with Crippen LogP contribution in [-0.2, 0) is 7.05 Å². The number of rotatable bonds is 1. The summed E-state index contributed by atoms with van der Waals surface area (Å²) < 4.78 is 1.69. The van der Waals surface area contributed by atoms with Crippen molar-refractivity contribution in [1.82, 2.24) is 14.8 Å². The highest BCUT2D eigenvalue weighted by Crippen LogP contribution is 2.23. The Kier molecular flexibility index (Phi) is 2.02. The third-order valence-electron chi connectivity index (χ3n) is 1.74. The molecule has 13 heavy (non-hydrogen) atoms. The van der Waals surface area contributed by atoms with Gasteiger partial charge in [0.2, 0.25) is 0 Å². The first-order valence-electron chi connectivity index (χ1n) is 3.79. The lowest BCUT2D eigenvalue weighted by Gasteiger charge is -2.01. The van der Waals surface area contributed by atoms with Crippen LogP contribution in [0.2, 0.25) is 5.02 Å². The zero-order chi connectivity index (χ0) is 9.26. The van der Waals surface area contributed by atoms with Gasteiger partial charge in [0.15, 0.2) is 0 Å². The van der Waals surface area contributed by atoms with Gasteiger partial charge in [-0.3, -0.25) is 9.67 Å². The Labute approximate surface area is 81.0 Å². The Hall–Kier alpha value is -1.35. The van der Waals surface area contributed by atoms with Crippen LogP contribution in [0.15, 0.2) is 24.5 Å². The van der Waals surface area contributed by atoms with E-state index in [0.29, 0.717) is 10.7 Å². The predicted molar refractivity (Wildman–Crippen MR) is 50.3 cm³/mol. The maximum atomic E-state index is 5.96. The Morgan fingerprint density at radius 1 is 1.54 bits per heavy atom. The van der Waals surface area contributed by atoms with Crippen molar-refractivity contribution in [3.05, 3.63) is 35.6 Å². The Bertz CT molecular complexity index is 422. The number of hydrogen-bond donors (Lipinski definition) is 0. The highest BCUT2D eigenvalue weighted by molar-refractivity contribution is 6.32. The standard InChI is InChI=1S/C9H7ClN3/c1-13-8(4-6-12-13)9-7(10)3-2-5-11-9/h2-3,5-6H,1H3. The van der Waals surface area contributed by atoms with Crippen molar-refractivity contribution < 1.29 is 0 Å². The molecule has 0 aliphatic carbocycles. The summed E-state index contributed by atoms with van der Waals surface area (Å²) in [7, 11) is 1.83. The van der Waals surface area contributed by atoms with Gasteiger partial charge in [-0.2, -0.15) is 5.10 Å². The number of pyridine rings is 1. The fraction of sp³-hybridized carbons (Fsp3) is 0.111. The third-order valence-corrected chi connectivity index (χ3v) is 2.04. The molecule has 0 unspecified atom stereocenters. The van der Waals surface area contributed by atoms with Gasteiger partial charge in [-0.15, -0.1) is 0 Å². The summed E-state index contributed by atoms with van der Waals surface area (Å²) in [6.45, 7) is 0. The second-order valence-electron chi connectivity index (χ2n) is 2.59. The number of nitrogens with zero attached hydrogens (tertiary/aromatic N) is 3. The van der Waals surface area contributed by atoms with Crippen LogP contribution in [0.4, 0.5) is 0 Å². The zero-order valence-electron chi connectivity index (χ0n) is 7.03. The highest BCUT2D eigenvalue weighted by Gasteiger charge is 2.07. The second kappa shape index (κ2) is 3.18. The van der Waals surface area contributed by atoms with E-state index in [4.69, 9.17) is 11.6 Å². The van der Waals surface area contributed by atoms with Crippen molar-refractivity contribution in [3.63, 3.8) is 0 Å². The van der Waals surface area contributed by atoms with Crippen LogP contribution in [0.5, 0.6) is 0 Å². The van der Waals surface area contributed by atoms with Crippen molar-refractivity contribution in [3.8, 4) is 11.4 Å². The molecule has 2 rings (SSSR count). The van der Waals surface area contributed by atoms with E-state index < -0.39 is 0 Å². The van der Waals surface area contributed by atoms with Gasteiger partial charge in [0.25, 0.3) is 0 Å². The van der Waals surface area contributed by atoms with Gasteiger partial charge in [-0.25, -0.2) is 0 Å². The van der Waals surface area contributed by atoms with Crippen LogP contribution in [0, 0.1) is 6.07 Å². The van der Waals surface area contributed by atoms with E-state index in [-0.39, 0.29) is 0 Å². The summed E-state index contributed by atoms with van der Waals surface area (Å²) in [4.78, 5) is 4.16. The van der Waals surface area contributed by atoms with E-state index in [1.54, 1.807) is 29.2 Å². The van der Waals surface area contributed by atoms with Crippen molar-refractivity contribution in [2.45, 2.75) is 0 Å². The molecule has 2 aromatic heterocycles. The normalized spacial score (nSPS) is 10.3. The van der Waals surface area contributed by atoms with Gasteiger partial charge in [0.1, 0.15) is 5.69 Å². The number of halogens is 1. The number of aryl methyl sites for hydroxylation is 1. The molecule has 0 spiro atoms. The van der Waals surface area contributed by atoms with Crippen molar-refractivity contribution in [2.24, 2.45) is 7.05 Å². The average molecular weight is 193 g/mol. The average Bonchev–Trinajstić information content (AvgIpc) is 2.52. The number of hydrogen-bond acceptors (Lipinski definition) is 2. The Morgan fingerprint density at radius 3 is 3.00 bits per heavy atom. The quantitative estimate of drug-likeness (QED) is 0.692. The minimum absolute atomic E-state index is 0.613. The Balaban J connectivity index is 2.59. The molecule has 2 heterocycles. The summed E-state index contributed by atoms with van der Waals surface area (Å²) in [5.41, 5.74) is 1.51. The van der Waals surface area contributed by atoms with E-state index in [0.717, 1.165) is 5.69 Å². The molecule has 2 aromatic rings. The topological polar surface area (TPSA) is 30.7 Å². The van der Waals surface area contributed by atoms with E-state index >= 15 is 0 Å². The SMILES string of the molecule is Cn1nc[c]c1-c1ncccc1Cl. The molecular formula is C9H7ClN3. The van der Waals surface area contributed by atoms with Crippen LogP contribution < -0.4 is 0 Å². The fourth-order valence-corrected chi connectivity index (χ4v) is 1.32. The molecule has 0 fully saturated rings. The number of aromatic nitrogens is 3. The Morgan fingerprint density at radius 2 is 2.38 bits per heavy atom. The maximum Gasteiger partial charge on any atom is 0.107 e. The summed E-state index contributed by atoms with van der Waals surface area (Å²) in [6, 6.07) is 6.56. The molecule has 1 radical (unpaired) electrons. The molecule has 0 amide bonds. The summed E-state index contributed by atoms with van der Waals surface area (Å²) in [6.07, 6.45) is 3.29. The second-order valence-corrected chi connectivity index (χ2v) is 3.00. The van der Waals surface area contributed by atoms with Crippen LogP contribution in [0.25, 0.3) is 11.4 Å². The van der Waals surface area contributed by atoms with Gasteiger partial charge < -0.3 is 0 Å². The van der Waals surface area contributed by atoms with Crippen molar-refractivity contribution in [2.75, 3.05) is 0 Å². The zero-order valence-corrected chi connectivity index (χ0v) is 7.78. The van der Waals surface area contributed by atoms with Gasteiger partial charge >= 0.3 is 0 Å². The minimum atomic E-state index is 0.613. The molecular weight excluding hydrogens is 186 g/mol. The lowest BCUT2D eigenvalue weighted by molar-refractivity contribution is 0.773. The van der Waals surface area contributed by atoms with Gasteiger partial charge in [-0.05, 0) is 12.1 Å².